The van der Waals surface area contributed by atoms with Gasteiger partial charge in [0.05, 0.1) is 18.8 Å². The zero-order valence-corrected chi connectivity index (χ0v) is 20.2. The van der Waals surface area contributed by atoms with E-state index in [1.54, 1.807) is 12.1 Å². The fourth-order valence-electron chi connectivity index (χ4n) is 2.76. The average molecular weight is 458 g/mol. The molecule has 2 N–H and O–H groups in total. The number of carboxylic acids is 1. The van der Waals surface area contributed by atoms with Gasteiger partial charge >= 0.3 is 5.97 Å². The first kappa shape index (κ1) is 30.0. The maximum absolute atomic E-state index is 10.9. The standard InChI is InChI=1S/C20H31NO3.C6H6.CH2O2/c1-4-6-7-12-21(13-14-24-16-17(3)5-2)15-18-8-10-19(11-9-18)20(22)23;1-2-4-6-5-3-1;2-1-3/h5,8-11H,4,6-7,12-16H2,1-3H3,(H,22,23);1-6H;1H,(H,2,3)/b17-5+;;. The summed E-state index contributed by atoms with van der Waals surface area (Å²) in [4.78, 5) is 21.7. The summed E-state index contributed by atoms with van der Waals surface area (Å²) in [5.41, 5.74) is 2.72. The predicted octanol–water partition coefficient (Wildman–Crippen LogP) is 5.75. The van der Waals surface area contributed by atoms with Crippen molar-refractivity contribution in [1.29, 1.82) is 0 Å². The van der Waals surface area contributed by atoms with Crippen molar-refractivity contribution < 1.29 is 24.5 Å². The number of allylic oxidation sites excluding steroid dienone is 1. The molecule has 2 rings (SSSR count). The van der Waals surface area contributed by atoms with Crippen LogP contribution >= 0.6 is 0 Å². The van der Waals surface area contributed by atoms with E-state index < -0.39 is 5.97 Å². The van der Waals surface area contributed by atoms with Crippen molar-refractivity contribution >= 4 is 12.4 Å². The number of rotatable bonds is 12. The van der Waals surface area contributed by atoms with Crippen molar-refractivity contribution in [3.63, 3.8) is 0 Å². The maximum Gasteiger partial charge on any atom is 0.335 e. The first-order valence-corrected chi connectivity index (χ1v) is 11.3. The molecule has 6 heteroatoms. The predicted molar refractivity (Wildman–Crippen MR) is 134 cm³/mol. The Morgan fingerprint density at radius 2 is 1.55 bits per heavy atom. The van der Waals surface area contributed by atoms with Crippen LogP contribution in [0.25, 0.3) is 0 Å². The molecule has 0 atom stereocenters. The first-order valence-electron chi connectivity index (χ1n) is 11.3. The van der Waals surface area contributed by atoms with Crippen LogP contribution in [0.1, 0.15) is 56.0 Å². The number of aromatic carboxylic acids is 1. The van der Waals surface area contributed by atoms with Gasteiger partial charge in [-0.15, -0.1) is 0 Å². The van der Waals surface area contributed by atoms with Crippen molar-refractivity contribution in [2.75, 3.05) is 26.3 Å². The minimum Gasteiger partial charge on any atom is -0.483 e. The molecule has 0 fully saturated rings. The topological polar surface area (TPSA) is 87.1 Å². The Morgan fingerprint density at radius 1 is 1.00 bits per heavy atom. The molecule has 0 saturated heterocycles. The Balaban J connectivity index is 0.000000946. The summed E-state index contributed by atoms with van der Waals surface area (Å²) in [5.74, 6) is -0.880. The van der Waals surface area contributed by atoms with Gasteiger partial charge in [-0.2, -0.15) is 0 Å². The lowest BCUT2D eigenvalue weighted by Crippen LogP contribution is -2.28. The van der Waals surface area contributed by atoms with Gasteiger partial charge in [-0.25, -0.2) is 4.79 Å². The van der Waals surface area contributed by atoms with E-state index in [-0.39, 0.29) is 6.47 Å². The summed E-state index contributed by atoms with van der Waals surface area (Å²) >= 11 is 0. The van der Waals surface area contributed by atoms with Gasteiger partial charge < -0.3 is 14.9 Å². The fourth-order valence-corrected chi connectivity index (χ4v) is 2.76. The smallest absolute Gasteiger partial charge is 0.335 e. The fraction of sp³-hybridized carbons (Fsp3) is 0.407. The van der Waals surface area contributed by atoms with E-state index in [9.17, 15) is 4.79 Å². The molecule has 0 aliphatic heterocycles. The summed E-state index contributed by atoms with van der Waals surface area (Å²) < 4.78 is 5.72. The molecule has 0 radical (unpaired) electrons. The van der Waals surface area contributed by atoms with Crippen molar-refractivity contribution in [3.05, 3.63) is 83.4 Å². The van der Waals surface area contributed by atoms with Crippen LogP contribution in [0.4, 0.5) is 0 Å². The van der Waals surface area contributed by atoms with Gasteiger partial charge in [0.2, 0.25) is 0 Å². The van der Waals surface area contributed by atoms with Crippen molar-refractivity contribution in [1.82, 2.24) is 4.90 Å². The van der Waals surface area contributed by atoms with Gasteiger partial charge in [0.15, 0.2) is 0 Å². The van der Waals surface area contributed by atoms with E-state index >= 15 is 0 Å². The Hall–Kier alpha value is -2.96. The lowest BCUT2D eigenvalue weighted by molar-refractivity contribution is -0.122. The molecule has 0 unspecified atom stereocenters. The number of benzene rings is 2. The number of hydrogen-bond donors (Lipinski definition) is 2. The van der Waals surface area contributed by atoms with E-state index in [0.29, 0.717) is 18.8 Å². The van der Waals surface area contributed by atoms with Crippen molar-refractivity contribution in [3.8, 4) is 0 Å². The SMILES string of the molecule is C/C=C(\C)COCCN(CCCCC)Cc1ccc(C(=O)O)cc1.O=CO.c1ccccc1. The third-order valence-electron chi connectivity index (χ3n) is 4.73. The van der Waals surface area contributed by atoms with Gasteiger partial charge in [-0.1, -0.05) is 79.9 Å². The molecule has 0 amide bonds. The van der Waals surface area contributed by atoms with Gasteiger partial charge in [-0.05, 0) is 44.5 Å². The number of unbranched alkanes of at least 4 members (excludes halogenated alkanes) is 2. The third-order valence-corrected chi connectivity index (χ3v) is 4.73. The normalized spacial score (nSPS) is 10.5. The molecule has 0 aromatic heterocycles. The largest absolute Gasteiger partial charge is 0.483 e. The summed E-state index contributed by atoms with van der Waals surface area (Å²) in [7, 11) is 0. The molecule has 0 aliphatic rings. The monoisotopic (exact) mass is 457 g/mol. The lowest BCUT2D eigenvalue weighted by atomic mass is 10.1. The van der Waals surface area contributed by atoms with Crippen molar-refractivity contribution in [2.24, 2.45) is 0 Å². The van der Waals surface area contributed by atoms with Crippen LogP contribution in [0.5, 0.6) is 0 Å². The number of carboxylic acid groups (broad SMARTS) is 2. The zero-order valence-electron chi connectivity index (χ0n) is 20.2. The quantitative estimate of drug-likeness (QED) is 0.240. The zero-order chi connectivity index (χ0) is 24.7. The minimum absolute atomic E-state index is 0.250. The van der Waals surface area contributed by atoms with E-state index in [1.165, 1.54) is 24.8 Å². The summed E-state index contributed by atoms with van der Waals surface area (Å²) in [6.45, 7) is 10.2. The molecular weight excluding hydrogens is 418 g/mol. The van der Waals surface area contributed by atoms with Crippen LogP contribution in [0.3, 0.4) is 0 Å². The molecule has 6 nitrogen and oxygen atoms in total. The molecule has 2 aromatic carbocycles. The Morgan fingerprint density at radius 3 is 2.00 bits per heavy atom. The molecule has 0 heterocycles. The highest BCUT2D eigenvalue weighted by molar-refractivity contribution is 5.87. The number of hydrogen-bond acceptors (Lipinski definition) is 4. The Bertz CT molecular complexity index is 733. The van der Waals surface area contributed by atoms with Gasteiger partial charge in [-0.3, -0.25) is 9.69 Å². The maximum atomic E-state index is 10.9. The highest BCUT2D eigenvalue weighted by Crippen LogP contribution is 2.09. The van der Waals surface area contributed by atoms with Crippen LogP contribution in [0.15, 0.2) is 72.3 Å². The molecular formula is C27H39NO5. The van der Waals surface area contributed by atoms with Gasteiger partial charge in [0.1, 0.15) is 0 Å². The molecule has 182 valence electrons. The Kier molecular flexibility index (Phi) is 19.0. The minimum atomic E-state index is -0.880. The second kappa shape index (κ2) is 20.9. The second-order valence-electron chi connectivity index (χ2n) is 7.43. The molecule has 0 bridgehead atoms. The highest BCUT2D eigenvalue weighted by atomic mass is 16.5. The van der Waals surface area contributed by atoms with E-state index in [0.717, 1.165) is 25.2 Å². The lowest BCUT2D eigenvalue weighted by Gasteiger charge is -2.22. The van der Waals surface area contributed by atoms with Gasteiger partial charge in [0.25, 0.3) is 6.47 Å². The first-order chi connectivity index (χ1) is 16.0. The van der Waals surface area contributed by atoms with Crippen LogP contribution < -0.4 is 0 Å². The van der Waals surface area contributed by atoms with E-state index in [2.05, 4.69) is 24.8 Å². The molecule has 0 spiro atoms. The third kappa shape index (κ3) is 17.3. The van der Waals surface area contributed by atoms with Crippen LogP contribution in [-0.2, 0) is 16.1 Å². The molecule has 0 aliphatic carbocycles. The number of ether oxygens (including phenoxy) is 1. The van der Waals surface area contributed by atoms with Crippen LogP contribution in [0.2, 0.25) is 0 Å². The average Bonchev–Trinajstić information content (AvgIpc) is 2.84. The summed E-state index contributed by atoms with van der Waals surface area (Å²) in [6.07, 6.45) is 5.69. The molecule has 2 aromatic rings. The van der Waals surface area contributed by atoms with Crippen LogP contribution in [-0.4, -0.2) is 53.9 Å². The summed E-state index contributed by atoms with van der Waals surface area (Å²) in [6, 6.07) is 19.2. The molecule has 33 heavy (non-hydrogen) atoms. The highest BCUT2D eigenvalue weighted by Gasteiger charge is 2.08. The Labute approximate surface area is 198 Å². The summed E-state index contributed by atoms with van der Waals surface area (Å²) in [5, 5.41) is 15.9. The molecule has 0 saturated carbocycles. The van der Waals surface area contributed by atoms with Crippen LogP contribution in [0, 0.1) is 0 Å². The van der Waals surface area contributed by atoms with Crippen molar-refractivity contribution in [2.45, 2.75) is 46.6 Å². The van der Waals surface area contributed by atoms with E-state index in [1.807, 2.05) is 55.5 Å². The second-order valence-corrected chi connectivity index (χ2v) is 7.43. The van der Waals surface area contributed by atoms with Gasteiger partial charge in [0, 0.05) is 13.1 Å². The van der Waals surface area contributed by atoms with E-state index in [4.69, 9.17) is 19.7 Å². The number of carbonyl (C=O) groups is 2. The number of nitrogens with zero attached hydrogens (tertiary/aromatic N) is 1.